The quantitative estimate of drug-likeness (QED) is 0.809. The van der Waals surface area contributed by atoms with Gasteiger partial charge in [-0.15, -0.1) is 0 Å². The number of aryl methyl sites for hydroxylation is 3. The van der Waals surface area contributed by atoms with E-state index < -0.39 is 0 Å². The molecule has 0 fully saturated rings. The minimum atomic E-state index is 0.356. The summed E-state index contributed by atoms with van der Waals surface area (Å²) < 4.78 is 1.13. The molecule has 1 unspecified atom stereocenters. The monoisotopic (exact) mass is 331 g/mol. The Labute approximate surface area is 130 Å². The standard InChI is InChI=1S/C18H22BrN/c1-12-8-13(2)18(14(3)9-12)15(4)20-11-16-6-5-7-17(19)10-16/h5-10,15,20H,11H2,1-4H3. The van der Waals surface area contributed by atoms with Crippen molar-refractivity contribution < 1.29 is 0 Å². The molecule has 2 rings (SSSR count). The Kier molecular flexibility index (Phi) is 5.00. The first-order valence-electron chi connectivity index (χ1n) is 7.03. The molecule has 0 saturated heterocycles. The Morgan fingerprint density at radius 2 is 1.70 bits per heavy atom. The topological polar surface area (TPSA) is 12.0 Å². The fraction of sp³-hybridized carbons (Fsp3) is 0.333. The van der Waals surface area contributed by atoms with E-state index in [9.17, 15) is 0 Å². The average Bonchev–Trinajstić information content (AvgIpc) is 2.35. The molecule has 0 bridgehead atoms. The van der Waals surface area contributed by atoms with Crippen LogP contribution < -0.4 is 5.32 Å². The van der Waals surface area contributed by atoms with Gasteiger partial charge in [-0.25, -0.2) is 0 Å². The van der Waals surface area contributed by atoms with Gasteiger partial charge in [0.1, 0.15) is 0 Å². The third-order valence-electron chi connectivity index (χ3n) is 3.67. The normalized spacial score (nSPS) is 12.4. The highest BCUT2D eigenvalue weighted by atomic mass is 79.9. The van der Waals surface area contributed by atoms with Crippen LogP contribution in [0.15, 0.2) is 40.9 Å². The summed E-state index contributed by atoms with van der Waals surface area (Å²) in [4.78, 5) is 0. The molecular formula is C18H22BrN. The summed E-state index contributed by atoms with van der Waals surface area (Å²) in [7, 11) is 0. The molecule has 1 atom stereocenters. The second-order valence-corrected chi connectivity index (χ2v) is 6.46. The van der Waals surface area contributed by atoms with Crippen molar-refractivity contribution in [1.82, 2.24) is 5.32 Å². The number of hydrogen-bond donors (Lipinski definition) is 1. The lowest BCUT2D eigenvalue weighted by molar-refractivity contribution is 0.569. The first-order valence-corrected chi connectivity index (χ1v) is 7.82. The van der Waals surface area contributed by atoms with Gasteiger partial charge in [0.15, 0.2) is 0 Å². The maximum absolute atomic E-state index is 3.62. The number of nitrogens with one attached hydrogen (secondary N) is 1. The van der Waals surface area contributed by atoms with Crippen molar-refractivity contribution >= 4 is 15.9 Å². The fourth-order valence-corrected chi connectivity index (χ4v) is 3.34. The van der Waals surface area contributed by atoms with Crippen LogP contribution in [0, 0.1) is 20.8 Å². The summed E-state index contributed by atoms with van der Waals surface area (Å²) >= 11 is 3.52. The highest BCUT2D eigenvalue weighted by molar-refractivity contribution is 9.10. The van der Waals surface area contributed by atoms with Crippen molar-refractivity contribution in [1.29, 1.82) is 0 Å². The summed E-state index contributed by atoms with van der Waals surface area (Å²) in [5.41, 5.74) is 6.80. The molecule has 106 valence electrons. The molecule has 0 spiro atoms. The number of rotatable bonds is 4. The molecule has 0 radical (unpaired) electrons. The van der Waals surface area contributed by atoms with Crippen LogP contribution in [-0.4, -0.2) is 0 Å². The van der Waals surface area contributed by atoms with Gasteiger partial charge in [0.05, 0.1) is 0 Å². The maximum atomic E-state index is 3.62. The SMILES string of the molecule is Cc1cc(C)c(C(C)NCc2cccc(Br)c2)c(C)c1. The van der Waals surface area contributed by atoms with Crippen molar-refractivity contribution in [2.45, 2.75) is 40.3 Å². The Hall–Kier alpha value is -1.12. The van der Waals surface area contributed by atoms with Crippen LogP contribution in [0.3, 0.4) is 0 Å². The van der Waals surface area contributed by atoms with E-state index in [0.717, 1.165) is 11.0 Å². The lowest BCUT2D eigenvalue weighted by atomic mass is 9.95. The molecule has 20 heavy (non-hydrogen) atoms. The number of benzene rings is 2. The van der Waals surface area contributed by atoms with Crippen molar-refractivity contribution in [3.8, 4) is 0 Å². The third kappa shape index (κ3) is 3.71. The predicted molar refractivity (Wildman–Crippen MR) is 90.0 cm³/mol. The molecule has 2 aromatic carbocycles. The van der Waals surface area contributed by atoms with Crippen LogP contribution in [0.5, 0.6) is 0 Å². The van der Waals surface area contributed by atoms with Crippen LogP contribution >= 0.6 is 15.9 Å². The van der Waals surface area contributed by atoms with Gasteiger partial charge in [0, 0.05) is 17.1 Å². The predicted octanol–water partition coefficient (Wildman–Crippen LogP) is 5.23. The van der Waals surface area contributed by atoms with Crippen LogP contribution in [0.2, 0.25) is 0 Å². The summed E-state index contributed by atoms with van der Waals surface area (Å²) in [5, 5.41) is 3.62. The molecule has 0 aliphatic carbocycles. The minimum absolute atomic E-state index is 0.356. The Morgan fingerprint density at radius 3 is 2.30 bits per heavy atom. The van der Waals surface area contributed by atoms with Crippen molar-refractivity contribution in [2.24, 2.45) is 0 Å². The Morgan fingerprint density at radius 1 is 1.05 bits per heavy atom. The summed E-state index contributed by atoms with van der Waals surface area (Å²) in [6, 6.07) is 13.3. The maximum Gasteiger partial charge on any atom is 0.0300 e. The van der Waals surface area contributed by atoms with E-state index in [2.05, 4.69) is 85.3 Å². The van der Waals surface area contributed by atoms with Gasteiger partial charge < -0.3 is 5.32 Å². The Bertz CT molecular complexity index is 581. The van der Waals surface area contributed by atoms with E-state index in [-0.39, 0.29) is 0 Å². The number of hydrogen-bond acceptors (Lipinski definition) is 1. The van der Waals surface area contributed by atoms with Crippen LogP contribution in [-0.2, 0) is 6.54 Å². The zero-order valence-electron chi connectivity index (χ0n) is 12.6. The van der Waals surface area contributed by atoms with Gasteiger partial charge in [0.25, 0.3) is 0 Å². The van der Waals surface area contributed by atoms with E-state index in [1.165, 1.54) is 27.8 Å². The zero-order chi connectivity index (χ0) is 14.7. The lowest BCUT2D eigenvalue weighted by Crippen LogP contribution is -2.20. The molecule has 0 saturated carbocycles. The van der Waals surface area contributed by atoms with Crippen molar-refractivity contribution in [3.63, 3.8) is 0 Å². The average molecular weight is 332 g/mol. The Balaban J connectivity index is 2.11. The first kappa shape index (κ1) is 15.3. The molecule has 0 aliphatic rings. The molecule has 2 heteroatoms. The highest BCUT2D eigenvalue weighted by Gasteiger charge is 2.11. The first-order chi connectivity index (χ1) is 9.47. The van der Waals surface area contributed by atoms with Gasteiger partial charge >= 0.3 is 0 Å². The van der Waals surface area contributed by atoms with E-state index >= 15 is 0 Å². The smallest absolute Gasteiger partial charge is 0.0300 e. The molecule has 0 heterocycles. The van der Waals surface area contributed by atoms with Crippen LogP contribution in [0.4, 0.5) is 0 Å². The molecule has 0 aliphatic heterocycles. The summed E-state index contributed by atoms with van der Waals surface area (Å²) in [6.07, 6.45) is 0. The summed E-state index contributed by atoms with van der Waals surface area (Å²) in [6.45, 7) is 9.68. The van der Waals surface area contributed by atoms with Gasteiger partial charge in [0.2, 0.25) is 0 Å². The van der Waals surface area contributed by atoms with E-state index in [0.29, 0.717) is 6.04 Å². The van der Waals surface area contributed by atoms with Gasteiger partial charge in [-0.3, -0.25) is 0 Å². The van der Waals surface area contributed by atoms with E-state index in [4.69, 9.17) is 0 Å². The van der Waals surface area contributed by atoms with Gasteiger partial charge in [-0.05, 0) is 62.1 Å². The van der Waals surface area contributed by atoms with Crippen LogP contribution in [0.25, 0.3) is 0 Å². The highest BCUT2D eigenvalue weighted by Crippen LogP contribution is 2.23. The lowest BCUT2D eigenvalue weighted by Gasteiger charge is -2.20. The molecule has 1 nitrogen and oxygen atoms in total. The minimum Gasteiger partial charge on any atom is -0.306 e. The van der Waals surface area contributed by atoms with E-state index in [1.807, 2.05) is 0 Å². The zero-order valence-corrected chi connectivity index (χ0v) is 14.2. The van der Waals surface area contributed by atoms with Crippen LogP contribution in [0.1, 0.15) is 40.8 Å². The second kappa shape index (κ2) is 6.55. The van der Waals surface area contributed by atoms with Gasteiger partial charge in [-0.1, -0.05) is 45.8 Å². The summed E-state index contributed by atoms with van der Waals surface area (Å²) in [5.74, 6) is 0. The number of halogens is 1. The molecular weight excluding hydrogens is 310 g/mol. The van der Waals surface area contributed by atoms with Crippen molar-refractivity contribution in [3.05, 3.63) is 68.7 Å². The molecule has 0 amide bonds. The van der Waals surface area contributed by atoms with Crippen molar-refractivity contribution in [2.75, 3.05) is 0 Å². The molecule has 2 aromatic rings. The molecule has 0 aromatic heterocycles. The second-order valence-electron chi connectivity index (χ2n) is 5.54. The van der Waals surface area contributed by atoms with E-state index in [1.54, 1.807) is 0 Å². The fourth-order valence-electron chi connectivity index (χ4n) is 2.89. The molecule has 1 N–H and O–H groups in total. The largest absolute Gasteiger partial charge is 0.306 e. The third-order valence-corrected chi connectivity index (χ3v) is 4.17. The van der Waals surface area contributed by atoms with Gasteiger partial charge in [-0.2, -0.15) is 0 Å².